The summed E-state index contributed by atoms with van der Waals surface area (Å²) in [6, 6.07) is 21.1. The zero-order valence-corrected chi connectivity index (χ0v) is 35.6. The SMILES string of the molecule is CCC[C@H](NC(=O)[C@H](CC(C)C)NC(=O)[C@@H](NC(=O)CC(C(=O)O)c1ccccc1)C1CCCCC1)C(=O)C(=O)NCC(=O)N[C@H](C(=O)OCc1ccccc1)c1ccccc1. The molecule has 4 rings (SSSR count). The van der Waals surface area contributed by atoms with Crippen LogP contribution in [0.3, 0.4) is 0 Å². The molecular formula is C47H59N5O10. The maximum Gasteiger partial charge on any atom is 0.333 e. The van der Waals surface area contributed by atoms with E-state index in [1.54, 1.807) is 91.9 Å². The Labute approximate surface area is 362 Å². The van der Waals surface area contributed by atoms with E-state index in [4.69, 9.17) is 4.74 Å². The molecule has 62 heavy (non-hydrogen) atoms. The van der Waals surface area contributed by atoms with Gasteiger partial charge in [0.2, 0.25) is 29.4 Å². The highest BCUT2D eigenvalue weighted by atomic mass is 16.5. The Bertz CT molecular complexity index is 1970. The fourth-order valence-corrected chi connectivity index (χ4v) is 7.46. The molecule has 5 atom stereocenters. The van der Waals surface area contributed by atoms with Crippen LogP contribution >= 0.6 is 0 Å². The minimum atomic E-state index is -1.30. The third-order valence-electron chi connectivity index (χ3n) is 10.7. The topological polar surface area (TPSA) is 226 Å². The van der Waals surface area contributed by atoms with Crippen LogP contribution in [0.25, 0.3) is 0 Å². The number of hydrogen-bond donors (Lipinski definition) is 6. The zero-order chi connectivity index (χ0) is 45.0. The van der Waals surface area contributed by atoms with E-state index in [0.717, 1.165) is 24.8 Å². The first-order chi connectivity index (χ1) is 29.8. The molecule has 1 saturated carbocycles. The van der Waals surface area contributed by atoms with E-state index in [-0.39, 0.29) is 31.3 Å². The molecule has 0 bridgehead atoms. The van der Waals surface area contributed by atoms with Crippen molar-refractivity contribution in [2.45, 2.75) is 115 Å². The lowest BCUT2D eigenvalue weighted by Gasteiger charge is -2.32. The highest BCUT2D eigenvalue weighted by molar-refractivity contribution is 6.38. The first-order valence-corrected chi connectivity index (χ1v) is 21.3. The summed E-state index contributed by atoms with van der Waals surface area (Å²) >= 11 is 0. The fourth-order valence-electron chi connectivity index (χ4n) is 7.46. The minimum absolute atomic E-state index is 0.0296. The maximum atomic E-state index is 14.1. The summed E-state index contributed by atoms with van der Waals surface area (Å²) in [4.78, 5) is 106. The number of carbonyl (C=O) groups excluding carboxylic acids is 7. The van der Waals surface area contributed by atoms with Gasteiger partial charge in [0.1, 0.15) is 18.7 Å². The largest absolute Gasteiger partial charge is 0.481 e. The van der Waals surface area contributed by atoms with Crippen LogP contribution in [-0.2, 0) is 49.7 Å². The van der Waals surface area contributed by atoms with Crippen molar-refractivity contribution < 1.29 is 48.2 Å². The molecular weight excluding hydrogens is 795 g/mol. The smallest absolute Gasteiger partial charge is 0.333 e. The first-order valence-electron chi connectivity index (χ1n) is 21.3. The van der Waals surface area contributed by atoms with E-state index in [1.807, 2.05) is 19.9 Å². The maximum absolute atomic E-state index is 14.1. The molecule has 0 aromatic heterocycles. The van der Waals surface area contributed by atoms with Gasteiger partial charge in [0.05, 0.1) is 18.5 Å². The van der Waals surface area contributed by atoms with Gasteiger partial charge in [-0.05, 0) is 54.2 Å². The van der Waals surface area contributed by atoms with E-state index in [9.17, 15) is 43.5 Å². The van der Waals surface area contributed by atoms with Crippen molar-refractivity contribution in [1.29, 1.82) is 0 Å². The first kappa shape index (κ1) is 48.3. The van der Waals surface area contributed by atoms with E-state index in [0.29, 0.717) is 30.4 Å². The predicted octanol–water partition coefficient (Wildman–Crippen LogP) is 4.41. The number of rotatable bonds is 23. The third kappa shape index (κ3) is 15.3. The quantitative estimate of drug-likeness (QED) is 0.0582. The van der Waals surface area contributed by atoms with Crippen molar-refractivity contribution >= 4 is 47.3 Å². The predicted molar refractivity (Wildman–Crippen MR) is 230 cm³/mol. The van der Waals surface area contributed by atoms with Gasteiger partial charge in [0.15, 0.2) is 6.04 Å². The van der Waals surface area contributed by atoms with Gasteiger partial charge < -0.3 is 36.4 Å². The van der Waals surface area contributed by atoms with Crippen molar-refractivity contribution in [1.82, 2.24) is 26.6 Å². The summed E-state index contributed by atoms with van der Waals surface area (Å²) in [5.41, 5.74) is 1.64. The summed E-state index contributed by atoms with van der Waals surface area (Å²) in [7, 11) is 0. The fraction of sp³-hybridized carbons (Fsp3) is 0.447. The van der Waals surface area contributed by atoms with Crippen LogP contribution < -0.4 is 26.6 Å². The van der Waals surface area contributed by atoms with Crippen molar-refractivity contribution in [3.8, 4) is 0 Å². The zero-order valence-electron chi connectivity index (χ0n) is 35.6. The van der Waals surface area contributed by atoms with Crippen LogP contribution in [0, 0.1) is 11.8 Å². The molecule has 1 aliphatic rings. The Hall–Kier alpha value is -6.38. The number of aliphatic carboxylic acids is 1. The second-order valence-electron chi connectivity index (χ2n) is 16.0. The molecule has 332 valence electrons. The van der Waals surface area contributed by atoms with Gasteiger partial charge >= 0.3 is 11.9 Å². The molecule has 3 aromatic carbocycles. The Morgan fingerprint density at radius 2 is 1.27 bits per heavy atom. The number of hydrogen-bond acceptors (Lipinski definition) is 9. The summed E-state index contributed by atoms with van der Waals surface area (Å²) in [6.07, 6.45) is 4.16. The molecule has 0 heterocycles. The Morgan fingerprint density at radius 1 is 0.694 bits per heavy atom. The number of esters is 1. The number of nitrogens with one attached hydrogen (secondary N) is 5. The molecule has 3 aromatic rings. The average Bonchev–Trinajstić information content (AvgIpc) is 3.27. The number of benzene rings is 3. The summed E-state index contributed by atoms with van der Waals surface area (Å²) in [6.45, 7) is 4.77. The van der Waals surface area contributed by atoms with Crippen LogP contribution in [0.5, 0.6) is 0 Å². The molecule has 15 heteroatoms. The monoisotopic (exact) mass is 853 g/mol. The second-order valence-corrected chi connectivity index (χ2v) is 16.0. The number of Topliss-reactive ketones (excluding diaryl/α,β-unsaturated/α-hetero) is 1. The highest BCUT2D eigenvalue weighted by Gasteiger charge is 2.36. The lowest BCUT2D eigenvalue weighted by atomic mass is 9.83. The average molecular weight is 854 g/mol. The molecule has 0 radical (unpaired) electrons. The normalized spacial score (nSPS) is 15.1. The highest BCUT2D eigenvalue weighted by Crippen LogP contribution is 2.28. The third-order valence-corrected chi connectivity index (χ3v) is 10.7. The van der Waals surface area contributed by atoms with Crippen LogP contribution in [0.4, 0.5) is 0 Å². The molecule has 5 amide bonds. The summed E-state index contributed by atoms with van der Waals surface area (Å²) in [5, 5.41) is 23.0. The minimum Gasteiger partial charge on any atom is -0.481 e. The lowest BCUT2D eigenvalue weighted by molar-refractivity contribution is -0.149. The van der Waals surface area contributed by atoms with Crippen LogP contribution in [0.1, 0.15) is 107 Å². The van der Waals surface area contributed by atoms with Crippen molar-refractivity contribution in [3.05, 3.63) is 108 Å². The summed E-state index contributed by atoms with van der Waals surface area (Å²) in [5.74, 6) is -8.27. The molecule has 6 N–H and O–H groups in total. The van der Waals surface area contributed by atoms with Crippen LogP contribution in [0.2, 0.25) is 0 Å². The second kappa shape index (κ2) is 24.8. The van der Waals surface area contributed by atoms with E-state index >= 15 is 0 Å². The Morgan fingerprint density at radius 3 is 1.85 bits per heavy atom. The van der Waals surface area contributed by atoms with E-state index in [2.05, 4.69) is 26.6 Å². The van der Waals surface area contributed by atoms with Crippen molar-refractivity contribution in [2.75, 3.05) is 6.54 Å². The van der Waals surface area contributed by atoms with Gasteiger partial charge in [-0.1, -0.05) is 137 Å². The number of amides is 5. The number of carbonyl (C=O) groups is 8. The standard InChI is InChI=1S/C47H59N5O10/c1-4-17-36(42(55)45(58)48-28-39(54)52-41(34-24-15-8-16-25-34)47(61)62-29-31-18-9-5-10-19-31)49-43(56)37(26-30(2)3)50-44(57)40(33-22-13-7-14-23-33)51-38(53)27-35(46(59)60)32-20-11-6-12-21-32/h5-6,8-12,15-16,18-21,24-25,30,33,35-37,40-41H,4,7,13-14,17,22-23,26-29H2,1-3H3,(H,48,58)(H,49,56)(H,50,57)(H,51,53)(H,52,54)(H,59,60)/t35?,36-,37-,40-,41-/m0/s1. The van der Waals surface area contributed by atoms with Crippen LogP contribution in [0.15, 0.2) is 91.0 Å². The van der Waals surface area contributed by atoms with E-state index in [1.165, 1.54) is 0 Å². The molecule has 1 aliphatic carbocycles. The van der Waals surface area contributed by atoms with Crippen LogP contribution in [-0.4, -0.2) is 77.0 Å². The molecule has 1 unspecified atom stereocenters. The molecule has 1 fully saturated rings. The van der Waals surface area contributed by atoms with Crippen molar-refractivity contribution in [2.24, 2.45) is 11.8 Å². The van der Waals surface area contributed by atoms with Gasteiger partial charge in [-0.15, -0.1) is 0 Å². The van der Waals surface area contributed by atoms with E-state index < -0.39 is 90.3 Å². The summed E-state index contributed by atoms with van der Waals surface area (Å²) < 4.78 is 5.47. The number of ketones is 1. The lowest BCUT2D eigenvalue weighted by Crippen LogP contribution is -2.58. The van der Waals surface area contributed by atoms with Gasteiger partial charge in [-0.25, -0.2) is 4.79 Å². The number of carboxylic acids is 1. The molecule has 0 spiro atoms. The van der Waals surface area contributed by atoms with Gasteiger partial charge in [0.25, 0.3) is 5.91 Å². The van der Waals surface area contributed by atoms with Gasteiger partial charge in [-0.2, -0.15) is 0 Å². The molecule has 0 aliphatic heterocycles. The van der Waals surface area contributed by atoms with Crippen molar-refractivity contribution in [3.63, 3.8) is 0 Å². The number of carboxylic acid groups (broad SMARTS) is 1. The number of ether oxygens (including phenoxy) is 1. The Balaban J connectivity index is 1.40. The molecule has 15 nitrogen and oxygen atoms in total. The Kier molecular flexibility index (Phi) is 19.3. The van der Waals surface area contributed by atoms with Gasteiger partial charge in [0, 0.05) is 6.42 Å². The van der Waals surface area contributed by atoms with Gasteiger partial charge in [-0.3, -0.25) is 33.6 Å². The molecule has 0 saturated heterocycles.